The van der Waals surface area contributed by atoms with Gasteiger partial charge >= 0.3 is 0 Å². The molecule has 2 heterocycles. The molecule has 1 aliphatic rings. The van der Waals surface area contributed by atoms with Crippen LogP contribution in [-0.4, -0.2) is 28.8 Å². The van der Waals surface area contributed by atoms with Gasteiger partial charge in [-0.2, -0.15) is 0 Å². The monoisotopic (exact) mass is 233 g/mol. The van der Waals surface area contributed by atoms with Gasteiger partial charge in [-0.3, -0.25) is 4.79 Å². The van der Waals surface area contributed by atoms with E-state index in [0.29, 0.717) is 5.78 Å². The number of anilines is 1. The molecule has 4 nitrogen and oxygen atoms in total. The zero-order valence-corrected chi connectivity index (χ0v) is 10.5. The van der Waals surface area contributed by atoms with E-state index in [-0.39, 0.29) is 5.92 Å². The summed E-state index contributed by atoms with van der Waals surface area (Å²) in [6.07, 6.45) is 4.45. The summed E-state index contributed by atoms with van der Waals surface area (Å²) in [7, 11) is 0. The van der Waals surface area contributed by atoms with Crippen LogP contribution in [0, 0.1) is 5.92 Å². The van der Waals surface area contributed by atoms with Crippen molar-refractivity contribution in [3.63, 3.8) is 0 Å². The molecule has 0 aliphatic carbocycles. The second-order valence-electron chi connectivity index (χ2n) is 4.59. The smallest absolute Gasteiger partial charge is 0.133 e. The quantitative estimate of drug-likeness (QED) is 0.799. The largest absolute Gasteiger partial charge is 0.356 e. The van der Waals surface area contributed by atoms with E-state index in [1.807, 2.05) is 6.07 Å². The van der Waals surface area contributed by atoms with E-state index >= 15 is 0 Å². The van der Waals surface area contributed by atoms with Gasteiger partial charge in [0, 0.05) is 30.8 Å². The lowest BCUT2D eigenvalue weighted by atomic mass is 9.93. The first-order valence-corrected chi connectivity index (χ1v) is 6.27. The maximum atomic E-state index is 11.3. The molecule has 1 aromatic rings. The molecule has 1 fully saturated rings. The van der Waals surface area contributed by atoms with Crippen molar-refractivity contribution in [3.8, 4) is 0 Å². The van der Waals surface area contributed by atoms with Gasteiger partial charge in [-0.1, -0.05) is 6.92 Å². The average molecular weight is 233 g/mol. The van der Waals surface area contributed by atoms with Gasteiger partial charge < -0.3 is 4.90 Å². The molecule has 92 valence electrons. The Bertz CT molecular complexity index is 397. The van der Waals surface area contributed by atoms with Gasteiger partial charge in [-0.25, -0.2) is 9.97 Å². The first-order chi connectivity index (χ1) is 8.20. The molecular weight excluding hydrogens is 214 g/mol. The van der Waals surface area contributed by atoms with Crippen molar-refractivity contribution in [1.29, 1.82) is 0 Å². The Labute approximate surface area is 102 Å². The summed E-state index contributed by atoms with van der Waals surface area (Å²) >= 11 is 0. The number of ketones is 1. The van der Waals surface area contributed by atoms with Gasteiger partial charge in [0.2, 0.25) is 0 Å². The molecule has 0 atom stereocenters. The lowest BCUT2D eigenvalue weighted by molar-refractivity contribution is -0.121. The molecule has 0 saturated carbocycles. The van der Waals surface area contributed by atoms with E-state index in [1.165, 1.54) is 0 Å². The third kappa shape index (κ3) is 2.81. The summed E-state index contributed by atoms with van der Waals surface area (Å²) in [6.45, 7) is 5.63. The van der Waals surface area contributed by atoms with Crippen molar-refractivity contribution in [2.45, 2.75) is 33.1 Å². The number of rotatable bonds is 3. The summed E-state index contributed by atoms with van der Waals surface area (Å²) < 4.78 is 0. The van der Waals surface area contributed by atoms with E-state index in [4.69, 9.17) is 0 Å². The van der Waals surface area contributed by atoms with E-state index < -0.39 is 0 Å². The van der Waals surface area contributed by atoms with Crippen LogP contribution in [0.4, 0.5) is 5.82 Å². The lowest BCUT2D eigenvalue weighted by Crippen LogP contribution is -2.36. The van der Waals surface area contributed by atoms with Crippen molar-refractivity contribution in [2.75, 3.05) is 18.0 Å². The van der Waals surface area contributed by atoms with Gasteiger partial charge in [-0.05, 0) is 26.2 Å². The van der Waals surface area contributed by atoms with Crippen LogP contribution in [0.2, 0.25) is 0 Å². The predicted octanol–water partition coefficient (Wildman–Crippen LogP) is 1.84. The Balaban J connectivity index is 2.02. The molecule has 1 aromatic heterocycles. The van der Waals surface area contributed by atoms with E-state index in [9.17, 15) is 4.79 Å². The first kappa shape index (κ1) is 12.0. The highest BCUT2D eigenvalue weighted by molar-refractivity contribution is 5.78. The number of piperidine rings is 1. The molecule has 1 saturated heterocycles. The number of carbonyl (C=O) groups excluding carboxylic acids is 1. The Hall–Kier alpha value is -1.45. The number of aromatic nitrogens is 2. The van der Waals surface area contributed by atoms with Crippen LogP contribution in [-0.2, 0) is 11.2 Å². The fraction of sp³-hybridized carbons (Fsp3) is 0.615. The molecule has 2 rings (SSSR count). The summed E-state index contributed by atoms with van der Waals surface area (Å²) in [5.41, 5.74) is 1.07. The topological polar surface area (TPSA) is 46.1 Å². The fourth-order valence-corrected chi connectivity index (χ4v) is 2.27. The number of hydrogen-bond acceptors (Lipinski definition) is 4. The summed E-state index contributed by atoms with van der Waals surface area (Å²) in [5.74, 6) is 1.57. The molecule has 0 amide bonds. The molecule has 0 N–H and O–H groups in total. The van der Waals surface area contributed by atoms with Crippen molar-refractivity contribution in [2.24, 2.45) is 5.92 Å². The molecule has 0 bridgehead atoms. The van der Waals surface area contributed by atoms with Gasteiger partial charge in [0.15, 0.2) is 0 Å². The van der Waals surface area contributed by atoms with Gasteiger partial charge in [0.25, 0.3) is 0 Å². The summed E-state index contributed by atoms with van der Waals surface area (Å²) in [6, 6.07) is 2.05. The maximum absolute atomic E-state index is 11.3. The fourth-order valence-electron chi connectivity index (χ4n) is 2.27. The minimum Gasteiger partial charge on any atom is -0.356 e. The normalized spacial score (nSPS) is 17.2. The van der Waals surface area contributed by atoms with Crippen LogP contribution in [0.3, 0.4) is 0 Å². The zero-order valence-electron chi connectivity index (χ0n) is 10.5. The number of Topliss-reactive ketones (excluding diaryl/α,β-unsaturated/α-hetero) is 1. The Kier molecular flexibility index (Phi) is 3.71. The lowest BCUT2D eigenvalue weighted by Gasteiger charge is -2.31. The highest BCUT2D eigenvalue weighted by atomic mass is 16.1. The minimum atomic E-state index is 0.249. The zero-order chi connectivity index (χ0) is 12.3. The maximum Gasteiger partial charge on any atom is 0.133 e. The molecule has 0 radical (unpaired) electrons. The number of carbonyl (C=O) groups is 1. The first-order valence-electron chi connectivity index (χ1n) is 6.27. The van der Waals surface area contributed by atoms with Crippen molar-refractivity contribution in [3.05, 3.63) is 18.1 Å². The molecule has 4 heteroatoms. The molecule has 17 heavy (non-hydrogen) atoms. The Morgan fingerprint density at radius 2 is 2.12 bits per heavy atom. The number of nitrogens with zero attached hydrogens (tertiary/aromatic N) is 3. The standard InChI is InChI=1S/C13H19N3O/c1-3-12-8-13(15-9-14-12)16-6-4-11(5-7-16)10(2)17/h8-9,11H,3-7H2,1-2H3. The second kappa shape index (κ2) is 5.25. The third-order valence-corrected chi connectivity index (χ3v) is 3.47. The molecular formula is C13H19N3O. The SMILES string of the molecule is CCc1cc(N2CCC(C(C)=O)CC2)ncn1. The summed E-state index contributed by atoms with van der Waals surface area (Å²) in [4.78, 5) is 22.1. The molecule has 0 spiro atoms. The van der Waals surface area contributed by atoms with Crippen molar-refractivity contribution < 1.29 is 4.79 Å². The van der Waals surface area contributed by atoms with Gasteiger partial charge in [0.05, 0.1) is 0 Å². The number of hydrogen-bond donors (Lipinski definition) is 0. The molecule has 0 aromatic carbocycles. The Morgan fingerprint density at radius 1 is 1.41 bits per heavy atom. The highest BCUT2D eigenvalue weighted by Crippen LogP contribution is 2.22. The van der Waals surface area contributed by atoms with Crippen molar-refractivity contribution >= 4 is 11.6 Å². The highest BCUT2D eigenvalue weighted by Gasteiger charge is 2.23. The van der Waals surface area contributed by atoms with Crippen LogP contribution in [0.25, 0.3) is 0 Å². The van der Waals surface area contributed by atoms with Gasteiger partial charge in [-0.15, -0.1) is 0 Å². The van der Waals surface area contributed by atoms with Crippen molar-refractivity contribution in [1.82, 2.24) is 9.97 Å². The molecule has 0 unspecified atom stereocenters. The van der Waals surface area contributed by atoms with E-state index in [0.717, 1.165) is 43.9 Å². The Morgan fingerprint density at radius 3 is 2.71 bits per heavy atom. The summed E-state index contributed by atoms with van der Waals surface area (Å²) in [5, 5.41) is 0. The second-order valence-corrected chi connectivity index (χ2v) is 4.59. The van der Waals surface area contributed by atoms with Gasteiger partial charge in [0.1, 0.15) is 17.9 Å². The van der Waals surface area contributed by atoms with Crippen LogP contribution in [0.15, 0.2) is 12.4 Å². The van der Waals surface area contributed by atoms with Crippen LogP contribution in [0.5, 0.6) is 0 Å². The average Bonchev–Trinajstić information content (AvgIpc) is 2.39. The van der Waals surface area contributed by atoms with Crippen LogP contribution >= 0.6 is 0 Å². The third-order valence-electron chi connectivity index (χ3n) is 3.47. The molecule has 1 aliphatic heterocycles. The number of aryl methyl sites for hydroxylation is 1. The van der Waals surface area contributed by atoms with Crippen LogP contribution < -0.4 is 4.90 Å². The van der Waals surface area contributed by atoms with E-state index in [1.54, 1.807) is 13.3 Å². The predicted molar refractivity (Wildman–Crippen MR) is 67.0 cm³/mol. The van der Waals surface area contributed by atoms with E-state index in [2.05, 4.69) is 21.8 Å². The van der Waals surface area contributed by atoms with Crippen LogP contribution in [0.1, 0.15) is 32.4 Å². The minimum absolute atomic E-state index is 0.249.